The molecule has 2 atom stereocenters. The van der Waals surface area contributed by atoms with Crippen LogP contribution in [0.1, 0.15) is 30.4 Å². The van der Waals surface area contributed by atoms with Crippen molar-refractivity contribution in [2.45, 2.75) is 45.3 Å². The fourth-order valence-electron chi connectivity index (χ4n) is 2.90. The molecule has 1 heterocycles. The number of ether oxygens (including phenoxy) is 1. The van der Waals surface area contributed by atoms with Crippen LogP contribution in [0.4, 0.5) is 0 Å². The molecule has 0 bridgehead atoms. The molecule has 5 heteroatoms. The van der Waals surface area contributed by atoms with Crippen molar-refractivity contribution in [2.24, 2.45) is 5.73 Å². The van der Waals surface area contributed by atoms with Gasteiger partial charge in [-0.2, -0.15) is 0 Å². The van der Waals surface area contributed by atoms with Gasteiger partial charge >= 0.3 is 0 Å². The number of rotatable bonds is 6. The van der Waals surface area contributed by atoms with Crippen LogP contribution >= 0.6 is 0 Å². The Labute approximate surface area is 132 Å². The van der Waals surface area contributed by atoms with Crippen LogP contribution in [0.15, 0.2) is 18.2 Å². The summed E-state index contributed by atoms with van der Waals surface area (Å²) in [6.45, 7) is 5.42. The van der Waals surface area contributed by atoms with E-state index in [0.717, 1.165) is 42.7 Å². The predicted molar refractivity (Wildman–Crippen MR) is 85.8 cm³/mol. The summed E-state index contributed by atoms with van der Waals surface area (Å²) in [5.74, 6) is 0.492. The zero-order chi connectivity index (χ0) is 16.1. The van der Waals surface area contributed by atoms with Crippen LogP contribution in [-0.4, -0.2) is 47.8 Å². The van der Waals surface area contributed by atoms with Crippen LogP contribution < -0.4 is 10.5 Å². The maximum atomic E-state index is 11.5. The predicted octanol–water partition coefficient (Wildman–Crippen LogP) is 1.38. The molecule has 1 aromatic carbocycles. The lowest BCUT2D eigenvalue weighted by molar-refractivity contribution is -0.125. The molecule has 0 saturated carbocycles. The lowest BCUT2D eigenvalue weighted by atomic mass is 10.0. The Hall–Kier alpha value is -1.59. The molecule has 5 nitrogen and oxygen atoms in total. The number of aryl methyl sites for hydroxylation is 2. The number of likely N-dealkylation sites (tertiary alicyclic amines) is 1. The van der Waals surface area contributed by atoms with E-state index in [0.29, 0.717) is 6.54 Å². The molecule has 22 heavy (non-hydrogen) atoms. The highest BCUT2D eigenvalue weighted by atomic mass is 16.5. The Morgan fingerprint density at radius 3 is 2.95 bits per heavy atom. The quantitative estimate of drug-likeness (QED) is 0.832. The number of carbonyl (C=O) groups is 1. The first kappa shape index (κ1) is 16.8. The first-order valence-electron chi connectivity index (χ1n) is 7.89. The Morgan fingerprint density at radius 1 is 1.45 bits per heavy atom. The van der Waals surface area contributed by atoms with E-state index in [-0.39, 0.29) is 18.6 Å². The van der Waals surface area contributed by atoms with E-state index < -0.39 is 6.10 Å². The Kier molecular flexibility index (Phi) is 5.80. The van der Waals surface area contributed by atoms with Crippen molar-refractivity contribution in [1.29, 1.82) is 0 Å². The number of nitrogens with two attached hydrogens (primary N) is 1. The highest BCUT2D eigenvalue weighted by Gasteiger charge is 2.28. The number of benzene rings is 1. The Balaban J connectivity index is 1.88. The number of amides is 1. The average Bonchev–Trinajstić information content (AvgIpc) is 2.48. The van der Waals surface area contributed by atoms with Gasteiger partial charge < -0.3 is 15.6 Å². The number of β-amino-alcohol motifs (C(OH)–C–C–N with tert-alkyl or cyclic N) is 1. The number of aliphatic hydroxyl groups excluding tert-OH is 1. The van der Waals surface area contributed by atoms with Crippen molar-refractivity contribution in [3.8, 4) is 5.75 Å². The second-order valence-corrected chi connectivity index (χ2v) is 6.14. The molecular formula is C17H26N2O3. The van der Waals surface area contributed by atoms with E-state index in [1.165, 1.54) is 0 Å². The summed E-state index contributed by atoms with van der Waals surface area (Å²) in [6, 6.07) is 5.74. The number of primary amides is 1. The fourth-order valence-corrected chi connectivity index (χ4v) is 2.90. The van der Waals surface area contributed by atoms with Gasteiger partial charge in [0.2, 0.25) is 5.91 Å². The van der Waals surface area contributed by atoms with E-state index in [1.54, 1.807) is 0 Å². The van der Waals surface area contributed by atoms with Gasteiger partial charge in [-0.15, -0.1) is 0 Å². The van der Waals surface area contributed by atoms with Crippen LogP contribution in [0.3, 0.4) is 0 Å². The standard InChI is InChI=1S/C17H26N2O3/c1-12-6-7-13(2)16(9-12)22-11-14(20)10-19-8-4-3-5-15(19)17(18)21/h6-7,9,14-15,20H,3-5,8,10-11H2,1-2H3,(H2,18,21). The molecule has 0 aromatic heterocycles. The number of hydrogen-bond donors (Lipinski definition) is 2. The molecule has 0 radical (unpaired) electrons. The van der Waals surface area contributed by atoms with Gasteiger partial charge in [-0.25, -0.2) is 0 Å². The molecule has 122 valence electrons. The van der Waals surface area contributed by atoms with Crippen molar-refractivity contribution in [3.63, 3.8) is 0 Å². The zero-order valence-corrected chi connectivity index (χ0v) is 13.4. The monoisotopic (exact) mass is 306 g/mol. The maximum absolute atomic E-state index is 11.5. The van der Waals surface area contributed by atoms with Gasteiger partial charge in [0.15, 0.2) is 0 Å². The zero-order valence-electron chi connectivity index (χ0n) is 13.4. The van der Waals surface area contributed by atoms with Crippen molar-refractivity contribution in [1.82, 2.24) is 4.90 Å². The topological polar surface area (TPSA) is 75.8 Å². The van der Waals surface area contributed by atoms with Gasteiger partial charge in [-0.3, -0.25) is 9.69 Å². The molecule has 1 saturated heterocycles. The minimum atomic E-state index is -0.639. The highest BCUT2D eigenvalue weighted by Crippen LogP contribution is 2.20. The normalized spacial score (nSPS) is 20.6. The molecule has 1 aromatic rings. The Morgan fingerprint density at radius 2 is 2.23 bits per heavy atom. The molecule has 3 N–H and O–H groups in total. The number of carbonyl (C=O) groups excluding carboxylic acids is 1. The third-order valence-electron chi connectivity index (χ3n) is 4.16. The third kappa shape index (κ3) is 4.45. The summed E-state index contributed by atoms with van der Waals surface area (Å²) >= 11 is 0. The van der Waals surface area contributed by atoms with Crippen LogP contribution in [0.25, 0.3) is 0 Å². The SMILES string of the molecule is Cc1ccc(C)c(OCC(O)CN2CCCCC2C(N)=O)c1. The highest BCUT2D eigenvalue weighted by molar-refractivity contribution is 5.79. The summed E-state index contributed by atoms with van der Waals surface area (Å²) in [4.78, 5) is 13.5. The number of piperidine rings is 1. The van der Waals surface area contributed by atoms with Gasteiger partial charge in [0.25, 0.3) is 0 Å². The van der Waals surface area contributed by atoms with Crippen molar-refractivity contribution >= 4 is 5.91 Å². The van der Waals surface area contributed by atoms with E-state index >= 15 is 0 Å². The molecule has 1 amide bonds. The number of nitrogens with zero attached hydrogens (tertiary/aromatic N) is 1. The molecular weight excluding hydrogens is 280 g/mol. The smallest absolute Gasteiger partial charge is 0.234 e. The largest absolute Gasteiger partial charge is 0.491 e. The van der Waals surface area contributed by atoms with Gasteiger partial charge in [0.1, 0.15) is 18.5 Å². The third-order valence-corrected chi connectivity index (χ3v) is 4.16. The average molecular weight is 306 g/mol. The van der Waals surface area contributed by atoms with Crippen LogP contribution in [0.5, 0.6) is 5.75 Å². The molecule has 2 unspecified atom stereocenters. The van der Waals surface area contributed by atoms with Crippen LogP contribution in [-0.2, 0) is 4.79 Å². The summed E-state index contributed by atoms with van der Waals surface area (Å²) in [6.07, 6.45) is 2.19. The van der Waals surface area contributed by atoms with E-state index in [9.17, 15) is 9.90 Å². The van der Waals surface area contributed by atoms with E-state index in [4.69, 9.17) is 10.5 Å². The summed E-state index contributed by atoms with van der Waals surface area (Å²) in [7, 11) is 0. The van der Waals surface area contributed by atoms with E-state index in [2.05, 4.69) is 0 Å². The lowest BCUT2D eigenvalue weighted by Gasteiger charge is -2.34. The first-order chi connectivity index (χ1) is 10.5. The molecule has 0 spiro atoms. The van der Waals surface area contributed by atoms with Gasteiger partial charge in [-0.05, 0) is 50.4 Å². The fraction of sp³-hybridized carbons (Fsp3) is 0.588. The molecule has 2 rings (SSSR count). The number of hydrogen-bond acceptors (Lipinski definition) is 4. The van der Waals surface area contributed by atoms with Gasteiger partial charge in [-0.1, -0.05) is 18.6 Å². The first-order valence-corrected chi connectivity index (χ1v) is 7.89. The second kappa shape index (κ2) is 7.61. The number of aliphatic hydroxyl groups is 1. The molecule has 1 aliphatic heterocycles. The molecule has 1 fully saturated rings. The Bertz CT molecular complexity index is 519. The van der Waals surface area contributed by atoms with Crippen LogP contribution in [0.2, 0.25) is 0 Å². The lowest BCUT2D eigenvalue weighted by Crippen LogP contribution is -2.50. The van der Waals surface area contributed by atoms with Crippen molar-refractivity contribution < 1.29 is 14.6 Å². The van der Waals surface area contributed by atoms with Crippen LogP contribution in [0, 0.1) is 13.8 Å². The summed E-state index contributed by atoms with van der Waals surface area (Å²) < 4.78 is 5.72. The van der Waals surface area contributed by atoms with Crippen molar-refractivity contribution in [2.75, 3.05) is 19.7 Å². The summed E-state index contributed by atoms with van der Waals surface area (Å²) in [5.41, 5.74) is 7.61. The van der Waals surface area contributed by atoms with Gasteiger partial charge in [0.05, 0.1) is 6.04 Å². The summed E-state index contributed by atoms with van der Waals surface area (Å²) in [5, 5.41) is 10.2. The second-order valence-electron chi connectivity index (χ2n) is 6.14. The van der Waals surface area contributed by atoms with E-state index in [1.807, 2.05) is 36.9 Å². The van der Waals surface area contributed by atoms with Gasteiger partial charge in [0, 0.05) is 6.54 Å². The minimum Gasteiger partial charge on any atom is -0.491 e. The van der Waals surface area contributed by atoms with Crippen molar-refractivity contribution in [3.05, 3.63) is 29.3 Å². The maximum Gasteiger partial charge on any atom is 0.234 e. The molecule has 0 aliphatic carbocycles. The molecule has 1 aliphatic rings. The minimum absolute atomic E-state index is 0.215.